The van der Waals surface area contributed by atoms with E-state index in [1.807, 2.05) is 0 Å². The van der Waals surface area contributed by atoms with Crippen molar-refractivity contribution in [3.63, 3.8) is 0 Å². The maximum Gasteiger partial charge on any atom is 0.328 e. The molecule has 2 aromatic rings. The third kappa shape index (κ3) is 2.57. The van der Waals surface area contributed by atoms with Crippen molar-refractivity contribution in [2.24, 2.45) is 0 Å². The number of aromatic nitrogens is 3. The van der Waals surface area contributed by atoms with Gasteiger partial charge in [-0.05, 0) is 18.5 Å². The minimum absolute atomic E-state index is 0.0929. The Morgan fingerprint density at radius 2 is 2.17 bits per heavy atom. The van der Waals surface area contributed by atoms with Gasteiger partial charge in [-0.3, -0.25) is 10.1 Å². The highest BCUT2D eigenvalue weighted by atomic mass is 35.5. The van der Waals surface area contributed by atoms with E-state index < -0.39 is 4.92 Å². The van der Waals surface area contributed by atoms with E-state index in [-0.39, 0.29) is 28.2 Å². The van der Waals surface area contributed by atoms with Crippen molar-refractivity contribution in [1.29, 1.82) is 0 Å². The summed E-state index contributed by atoms with van der Waals surface area (Å²) in [5.41, 5.74) is 0.224. The minimum Gasteiger partial charge on any atom is -0.361 e. The molecule has 94 valence electrons. The predicted molar refractivity (Wildman–Crippen MR) is 62.8 cm³/mol. The number of nitro groups is 1. The van der Waals surface area contributed by atoms with Crippen molar-refractivity contribution in [1.82, 2.24) is 15.1 Å². The molecule has 0 aliphatic rings. The van der Waals surface area contributed by atoms with Gasteiger partial charge >= 0.3 is 5.69 Å². The molecule has 0 aliphatic carbocycles. The van der Waals surface area contributed by atoms with Crippen LogP contribution >= 0.6 is 23.2 Å². The number of rotatable bonds is 3. The van der Waals surface area contributed by atoms with Crippen LogP contribution in [0.25, 0.3) is 0 Å². The molecular formula is C9H6Cl2N4O3. The van der Waals surface area contributed by atoms with Gasteiger partial charge in [0.1, 0.15) is 11.5 Å². The second kappa shape index (κ2) is 4.87. The molecule has 0 amide bonds. The summed E-state index contributed by atoms with van der Waals surface area (Å²) >= 11 is 11.3. The zero-order valence-electron chi connectivity index (χ0n) is 9.05. The number of aryl methyl sites for hydroxylation is 1. The zero-order chi connectivity index (χ0) is 13.3. The number of hydrogen-bond acceptors (Lipinski definition) is 6. The van der Waals surface area contributed by atoms with E-state index >= 15 is 0 Å². The van der Waals surface area contributed by atoms with Gasteiger partial charge in [0, 0.05) is 12.5 Å². The highest BCUT2D eigenvalue weighted by molar-refractivity contribution is 6.33. The Kier molecular flexibility index (Phi) is 3.44. The van der Waals surface area contributed by atoms with E-state index in [2.05, 4.69) is 15.1 Å². The van der Waals surface area contributed by atoms with Gasteiger partial charge in [0.2, 0.25) is 10.4 Å². The average molecular weight is 289 g/mol. The van der Waals surface area contributed by atoms with Crippen molar-refractivity contribution < 1.29 is 9.45 Å². The lowest BCUT2D eigenvalue weighted by Crippen LogP contribution is -2.03. The van der Waals surface area contributed by atoms with Gasteiger partial charge in [-0.25, -0.2) is 4.98 Å². The van der Waals surface area contributed by atoms with Crippen LogP contribution in [-0.2, 0) is 6.42 Å². The van der Waals surface area contributed by atoms with Gasteiger partial charge in [0.15, 0.2) is 0 Å². The Balaban J connectivity index is 2.45. The molecular weight excluding hydrogens is 283 g/mol. The van der Waals surface area contributed by atoms with Crippen LogP contribution in [-0.4, -0.2) is 20.0 Å². The second-order valence-electron chi connectivity index (χ2n) is 3.44. The van der Waals surface area contributed by atoms with Crippen LogP contribution in [0.1, 0.15) is 17.1 Å². The molecule has 0 unspecified atom stereocenters. The second-order valence-corrected chi connectivity index (χ2v) is 4.14. The smallest absolute Gasteiger partial charge is 0.328 e. The van der Waals surface area contributed by atoms with Crippen LogP contribution in [0.4, 0.5) is 5.69 Å². The SMILES string of the molecule is Cc1cc(Cc2nc(Cl)nc(Cl)c2[N+](=O)[O-])no1. The molecule has 0 N–H and O–H groups in total. The van der Waals surface area contributed by atoms with Crippen LogP contribution in [0.15, 0.2) is 10.6 Å². The fourth-order valence-electron chi connectivity index (χ4n) is 1.42. The number of halogens is 2. The Labute approximate surface area is 111 Å². The van der Waals surface area contributed by atoms with Crippen molar-refractivity contribution in [3.05, 3.63) is 43.8 Å². The summed E-state index contributed by atoms with van der Waals surface area (Å²) in [5, 5.41) is 14.2. The molecule has 0 fully saturated rings. The standard InChI is InChI=1S/C9H6Cl2N4O3/c1-4-2-5(14-18-4)3-6-7(15(16)17)8(10)13-9(11)12-6/h2H,3H2,1H3. The normalized spacial score (nSPS) is 10.6. The first-order valence-electron chi connectivity index (χ1n) is 4.76. The molecule has 2 rings (SSSR count). The monoisotopic (exact) mass is 288 g/mol. The Hall–Kier alpha value is -1.73. The van der Waals surface area contributed by atoms with E-state index in [0.29, 0.717) is 11.5 Å². The van der Waals surface area contributed by atoms with Gasteiger partial charge in [0.05, 0.1) is 10.6 Å². The third-order valence-corrected chi connectivity index (χ3v) is 2.53. The van der Waals surface area contributed by atoms with E-state index in [4.69, 9.17) is 27.7 Å². The van der Waals surface area contributed by atoms with Crippen LogP contribution in [0.5, 0.6) is 0 Å². The molecule has 0 atom stereocenters. The van der Waals surface area contributed by atoms with Gasteiger partial charge in [-0.2, -0.15) is 4.98 Å². The summed E-state index contributed by atoms with van der Waals surface area (Å²) in [6, 6.07) is 1.65. The van der Waals surface area contributed by atoms with Gasteiger partial charge < -0.3 is 4.52 Å². The van der Waals surface area contributed by atoms with Crippen molar-refractivity contribution in [2.75, 3.05) is 0 Å². The van der Waals surface area contributed by atoms with Crippen molar-refractivity contribution in [3.8, 4) is 0 Å². The summed E-state index contributed by atoms with van der Waals surface area (Å²) in [5.74, 6) is 0.596. The fourth-order valence-corrected chi connectivity index (χ4v) is 1.91. The van der Waals surface area contributed by atoms with Crippen LogP contribution in [0.2, 0.25) is 10.4 Å². The topological polar surface area (TPSA) is 95.0 Å². The molecule has 0 saturated carbocycles. The van der Waals surface area contributed by atoms with Gasteiger partial charge in [-0.1, -0.05) is 16.8 Å². The fraction of sp³-hybridized carbons (Fsp3) is 0.222. The number of hydrogen-bond donors (Lipinski definition) is 0. The van der Waals surface area contributed by atoms with E-state index in [1.165, 1.54) is 0 Å². The molecule has 0 bridgehead atoms. The van der Waals surface area contributed by atoms with Crippen molar-refractivity contribution in [2.45, 2.75) is 13.3 Å². The van der Waals surface area contributed by atoms with E-state index in [9.17, 15) is 10.1 Å². The van der Waals surface area contributed by atoms with Gasteiger partial charge in [0.25, 0.3) is 0 Å². The molecule has 9 heteroatoms. The molecule has 0 aromatic carbocycles. The largest absolute Gasteiger partial charge is 0.361 e. The lowest BCUT2D eigenvalue weighted by atomic mass is 10.2. The minimum atomic E-state index is -0.652. The molecule has 0 aliphatic heterocycles. The highest BCUT2D eigenvalue weighted by Crippen LogP contribution is 2.28. The Morgan fingerprint density at radius 3 is 2.72 bits per heavy atom. The van der Waals surface area contributed by atoms with Crippen LogP contribution in [0, 0.1) is 17.0 Å². The van der Waals surface area contributed by atoms with E-state index in [1.54, 1.807) is 13.0 Å². The van der Waals surface area contributed by atoms with Crippen LogP contribution in [0.3, 0.4) is 0 Å². The maximum absolute atomic E-state index is 10.9. The molecule has 0 radical (unpaired) electrons. The summed E-state index contributed by atoms with van der Waals surface area (Å²) in [6.07, 6.45) is 0.0929. The quantitative estimate of drug-likeness (QED) is 0.373. The highest BCUT2D eigenvalue weighted by Gasteiger charge is 2.24. The van der Waals surface area contributed by atoms with Crippen molar-refractivity contribution >= 4 is 28.9 Å². The molecule has 0 spiro atoms. The maximum atomic E-state index is 10.9. The third-order valence-electron chi connectivity index (χ3n) is 2.09. The van der Waals surface area contributed by atoms with E-state index in [0.717, 1.165) is 0 Å². The summed E-state index contributed by atoms with van der Waals surface area (Å²) < 4.78 is 4.87. The lowest BCUT2D eigenvalue weighted by molar-refractivity contribution is -0.386. The van der Waals surface area contributed by atoms with Crippen LogP contribution < -0.4 is 0 Å². The first-order chi connectivity index (χ1) is 8.47. The summed E-state index contributed by atoms with van der Waals surface area (Å²) in [7, 11) is 0. The first-order valence-corrected chi connectivity index (χ1v) is 5.51. The molecule has 2 aromatic heterocycles. The lowest BCUT2D eigenvalue weighted by Gasteiger charge is -2.01. The summed E-state index contributed by atoms with van der Waals surface area (Å²) in [4.78, 5) is 17.6. The molecule has 18 heavy (non-hydrogen) atoms. The van der Waals surface area contributed by atoms with Gasteiger partial charge in [-0.15, -0.1) is 0 Å². The molecule has 2 heterocycles. The zero-order valence-corrected chi connectivity index (χ0v) is 10.6. The predicted octanol–water partition coefficient (Wildman–Crippen LogP) is 2.58. The molecule has 0 saturated heterocycles. The molecule has 7 nitrogen and oxygen atoms in total. The first kappa shape index (κ1) is 12.7. The number of nitrogens with zero attached hydrogens (tertiary/aromatic N) is 4. The summed E-state index contributed by atoms with van der Waals surface area (Å²) in [6.45, 7) is 1.71. The Bertz CT molecular complexity index is 614. The Morgan fingerprint density at radius 1 is 1.44 bits per heavy atom. The average Bonchev–Trinajstić information content (AvgIpc) is 2.62.